The number of hydrogen-bond acceptors (Lipinski definition) is 4. The number of anilines is 3. The second-order valence-corrected chi connectivity index (χ2v) is 4.99. The van der Waals surface area contributed by atoms with Gasteiger partial charge in [-0.1, -0.05) is 15.9 Å². The van der Waals surface area contributed by atoms with Crippen LogP contribution in [-0.2, 0) is 0 Å². The molecule has 20 heavy (non-hydrogen) atoms. The fourth-order valence-electron chi connectivity index (χ4n) is 1.74. The minimum Gasteiger partial charge on any atom is -0.497 e. The third kappa shape index (κ3) is 3.14. The van der Waals surface area contributed by atoms with Crippen LogP contribution in [-0.4, -0.2) is 14.2 Å². The SMILES string of the molecule is COc1cc(Br)cc(Nc2cc(OC)c(F)cc2N)c1. The Bertz CT molecular complexity index is 635. The Kier molecular flexibility index (Phi) is 4.34. The summed E-state index contributed by atoms with van der Waals surface area (Å²) in [6.45, 7) is 0. The van der Waals surface area contributed by atoms with Gasteiger partial charge in [0.2, 0.25) is 0 Å². The lowest BCUT2D eigenvalue weighted by atomic mass is 10.2. The van der Waals surface area contributed by atoms with Crippen molar-refractivity contribution in [2.24, 2.45) is 0 Å². The Morgan fingerprint density at radius 2 is 1.85 bits per heavy atom. The number of halogens is 2. The smallest absolute Gasteiger partial charge is 0.167 e. The van der Waals surface area contributed by atoms with Gasteiger partial charge in [0.1, 0.15) is 5.75 Å². The number of methoxy groups -OCH3 is 2. The molecule has 2 aromatic rings. The molecule has 106 valence electrons. The van der Waals surface area contributed by atoms with E-state index >= 15 is 0 Å². The molecule has 4 nitrogen and oxygen atoms in total. The van der Waals surface area contributed by atoms with Crippen LogP contribution in [0.2, 0.25) is 0 Å². The average Bonchev–Trinajstić information content (AvgIpc) is 2.41. The van der Waals surface area contributed by atoms with Gasteiger partial charge in [-0.05, 0) is 12.1 Å². The zero-order chi connectivity index (χ0) is 14.7. The number of benzene rings is 2. The normalized spacial score (nSPS) is 10.2. The zero-order valence-electron chi connectivity index (χ0n) is 11.0. The van der Waals surface area contributed by atoms with E-state index in [1.807, 2.05) is 12.1 Å². The van der Waals surface area contributed by atoms with Crippen molar-refractivity contribution < 1.29 is 13.9 Å². The maximum atomic E-state index is 13.5. The van der Waals surface area contributed by atoms with Crippen LogP contribution < -0.4 is 20.5 Å². The quantitative estimate of drug-likeness (QED) is 0.828. The molecule has 0 fully saturated rings. The maximum absolute atomic E-state index is 13.5. The van der Waals surface area contributed by atoms with Gasteiger partial charge < -0.3 is 20.5 Å². The number of nitrogens with one attached hydrogen (secondary N) is 1. The van der Waals surface area contributed by atoms with E-state index in [1.165, 1.54) is 19.2 Å². The maximum Gasteiger partial charge on any atom is 0.167 e. The first-order valence-electron chi connectivity index (χ1n) is 5.78. The second-order valence-electron chi connectivity index (χ2n) is 4.08. The molecule has 0 saturated heterocycles. The van der Waals surface area contributed by atoms with Gasteiger partial charge in [0, 0.05) is 28.4 Å². The zero-order valence-corrected chi connectivity index (χ0v) is 12.6. The number of rotatable bonds is 4. The second kappa shape index (κ2) is 6.00. The summed E-state index contributed by atoms with van der Waals surface area (Å²) in [4.78, 5) is 0. The van der Waals surface area contributed by atoms with Gasteiger partial charge in [-0.15, -0.1) is 0 Å². The van der Waals surface area contributed by atoms with Crippen molar-refractivity contribution in [2.75, 3.05) is 25.3 Å². The van der Waals surface area contributed by atoms with E-state index in [0.717, 1.165) is 10.2 Å². The minimum absolute atomic E-state index is 0.128. The molecule has 0 aromatic heterocycles. The van der Waals surface area contributed by atoms with Crippen molar-refractivity contribution in [1.82, 2.24) is 0 Å². The Morgan fingerprint density at radius 1 is 1.10 bits per heavy atom. The number of nitrogens with two attached hydrogens (primary N) is 1. The van der Waals surface area contributed by atoms with Gasteiger partial charge in [0.25, 0.3) is 0 Å². The summed E-state index contributed by atoms with van der Waals surface area (Å²) in [5.74, 6) is 0.320. The van der Waals surface area contributed by atoms with Crippen LogP contribution in [0.3, 0.4) is 0 Å². The third-order valence-corrected chi connectivity index (χ3v) is 3.17. The minimum atomic E-state index is -0.498. The average molecular weight is 341 g/mol. The molecule has 0 aliphatic carbocycles. The summed E-state index contributed by atoms with van der Waals surface area (Å²) < 4.78 is 24.5. The summed E-state index contributed by atoms with van der Waals surface area (Å²) in [5, 5.41) is 3.11. The van der Waals surface area contributed by atoms with Crippen LogP contribution >= 0.6 is 15.9 Å². The molecule has 0 heterocycles. The van der Waals surface area contributed by atoms with Gasteiger partial charge in [0.05, 0.1) is 25.6 Å². The molecule has 0 unspecified atom stereocenters. The van der Waals surface area contributed by atoms with Gasteiger partial charge in [-0.25, -0.2) is 4.39 Å². The van der Waals surface area contributed by atoms with Gasteiger partial charge >= 0.3 is 0 Å². The Morgan fingerprint density at radius 3 is 2.50 bits per heavy atom. The number of ether oxygens (including phenoxy) is 2. The van der Waals surface area contributed by atoms with Crippen molar-refractivity contribution in [1.29, 1.82) is 0 Å². The van der Waals surface area contributed by atoms with Crippen LogP contribution in [0, 0.1) is 5.82 Å². The summed E-state index contributed by atoms with van der Waals surface area (Å²) in [6.07, 6.45) is 0. The van der Waals surface area contributed by atoms with Crippen molar-refractivity contribution in [3.05, 3.63) is 40.6 Å². The van der Waals surface area contributed by atoms with E-state index in [0.29, 0.717) is 17.1 Å². The molecule has 3 N–H and O–H groups in total. The summed E-state index contributed by atoms with van der Waals surface area (Å²) in [5.41, 5.74) is 7.41. The lowest BCUT2D eigenvalue weighted by Crippen LogP contribution is -1.99. The highest BCUT2D eigenvalue weighted by Crippen LogP contribution is 2.32. The predicted molar refractivity (Wildman–Crippen MR) is 81.3 cm³/mol. The Balaban J connectivity index is 2.36. The van der Waals surface area contributed by atoms with Crippen LogP contribution in [0.15, 0.2) is 34.8 Å². The molecule has 0 radical (unpaired) electrons. The topological polar surface area (TPSA) is 56.5 Å². The van der Waals surface area contributed by atoms with E-state index in [1.54, 1.807) is 13.2 Å². The van der Waals surface area contributed by atoms with Crippen LogP contribution in [0.4, 0.5) is 21.5 Å². The lowest BCUT2D eigenvalue weighted by Gasteiger charge is -2.13. The highest BCUT2D eigenvalue weighted by atomic mass is 79.9. The molecule has 0 saturated carbocycles. The van der Waals surface area contributed by atoms with Crippen molar-refractivity contribution in [3.63, 3.8) is 0 Å². The van der Waals surface area contributed by atoms with Gasteiger partial charge in [-0.2, -0.15) is 0 Å². The third-order valence-electron chi connectivity index (χ3n) is 2.71. The van der Waals surface area contributed by atoms with E-state index in [4.69, 9.17) is 15.2 Å². The van der Waals surface area contributed by atoms with Crippen LogP contribution in [0.5, 0.6) is 11.5 Å². The standard InChI is InChI=1S/C14H14BrFN2O2/c1-19-10-4-8(15)3-9(5-10)18-13-7-14(20-2)11(16)6-12(13)17/h3-7,18H,17H2,1-2H3. The van der Waals surface area contributed by atoms with E-state index in [9.17, 15) is 4.39 Å². The largest absolute Gasteiger partial charge is 0.497 e. The molecule has 0 aliphatic rings. The first-order valence-corrected chi connectivity index (χ1v) is 6.57. The van der Waals surface area contributed by atoms with Crippen LogP contribution in [0.25, 0.3) is 0 Å². The molecule has 0 amide bonds. The van der Waals surface area contributed by atoms with Gasteiger partial charge in [-0.3, -0.25) is 0 Å². The molecule has 0 bridgehead atoms. The van der Waals surface area contributed by atoms with Crippen molar-refractivity contribution >= 4 is 33.0 Å². The summed E-state index contributed by atoms with van der Waals surface area (Å²) in [6, 6.07) is 8.23. The highest BCUT2D eigenvalue weighted by Gasteiger charge is 2.09. The summed E-state index contributed by atoms with van der Waals surface area (Å²) in [7, 11) is 2.99. The van der Waals surface area contributed by atoms with E-state index < -0.39 is 5.82 Å². The fourth-order valence-corrected chi connectivity index (χ4v) is 2.21. The van der Waals surface area contributed by atoms with Crippen LogP contribution in [0.1, 0.15) is 0 Å². The molecule has 0 spiro atoms. The molecule has 0 atom stereocenters. The molecular weight excluding hydrogens is 327 g/mol. The van der Waals surface area contributed by atoms with Crippen molar-refractivity contribution in [2.45, 2.75) is 0 Å². The van der Waals surface area contributed by atoms with Crippen molar-refractivity contribution in [3.8, 4) is 11.5 Å². The summed E-state index contributed by atoms with van der Waals surface area (Å²) >= 11 is 3.39. The Hall–Kier alpha value is -1.95. The van der Waals surface area contributed by atoms with Gasteiger partial charge in [0.15, 0.2) is 11.6 Å². The monoisotopic (exact) mass is 340 g/mol. The highest BCUT2D eigenvalue weighted by molar-refractivity contribution is 9.10. The molecule has 6 heteroatoms. The first-order chi connectivity index (χ1) is 9.53. The molecule has 2 rings (SSSR count). The van der Waals surface area contributed by atoms with E-state index in [-0.39, 0.29) is 5.75 Å². The molecule has 2 aromatic carbocycles. The Labute approximate surface area is 124 Å². The predicted octanol–water partition coefficient (Wildman–Crippen LogP) is 3.93. The fraction of sp³-hybridized carbons (Fsp3) is 0.143. The first kappa shape index (κ1) is 14.5. The molecular formula is C14H14BrFN2O2. The molecule has 0 aliphatic heterocycles. The lowest BCUT2D eigenvalue weighted by molar-refractivity contribution is 0.387. The number of nitrogen functional groups attached to an aromatic ring is 1. The number of hydrogen-bond donors (Lipinski definition) is 2. The van der Waals surface area contributed by atoms with E-state index in [2.05, 4.69) is 21.2 Å².